The summed E-state index contributed by atoms with van der Waals surface area (Å²) in [6, 6.07) is 19.8. The number of fused-ring (bicyclic) bond motifs is 1. The van der Waals surface area contributed by atoms with Gasteiger partial charge >= 0.3 is 5.97 Å². The lowest BCUT2D eigenvalue weighted by molar-refractivity contribution is 0.0229. The summed E-state index contributed by atoms with van der Waals surface area (Å²) in [5.74, 6) is -2.18. The molecular weight excluding hydrogens is 396 g/mol. The number of rotatable bonds is 5. The first-order valence-corrected chi connectivity index (χ1v) is 9.55. The molecule has 0 spiro atoms. The summed E-state index contributed by atoms with van der Waals surface area (Å²) in [5, 5.41) is 2.71. The second kappa shape index (κ2) is 8.23. The average molecular weight is 414 g/mol. The molecule has 154 valence electrons. The van der Waals surface area contributed by atoms with Crippen LogP contribution in [-0.2, 0) is 4.74 Å². The van der Waals surface area contributed by atoms with E-state index in [1.807, 2.05) is 13.0 Å². The van der Waals surface area contributed by atoms with E-state index in [0.29, 0.717) is 5.56 Å². The maximum absolute atomic E-state index is 12.7. The molecule has 1 heterocycles. The van der Waals surface area contributed by atoms with Crippen molar-refractivity contribution < 1.29 is 23.9 Å². The van der Waals surface area contributed by atoms with E-state index in [0.717, 1.165) is 10.5 Å². The number of carbonyl (C=O) groups excluding carboxylic acids is 4. The lowest BCUT2D eigenvalue weighted by atomic mass is 10.1. The molecule has 0 saturated heterocycles. The fraction of sp³-hybridized carbons (Fsp3) is 0.0833. The highest BCUT2D eigenvalue weighted by atomic mass is 16.5. The average Bonchev–Trinajstić information content (AvgIpc) is 3.02. The van der Waals surface area contributed by atoms with Crippen molar-refractivity contribution in [3.05, 3.63) is 101 Å². The third kappa shape index (κ3) is 3.93. The number of ether oxygens (including phenoxy) is 1. The number of esters is 1. The molecule has 7 nitrogen and oxygen atoms in total. The minimum absolute atomic E-state index is 0.111. The van der Waals surface area contributed by atoms with Gasteiger partial charge in [0.25, 0.3) is 17.7 Å². The normalized spacial score (nSPS) is 12.5. The molecule has 0 unspecified atom stereocenters. The van der Waals surface area contributed by atoms with Gasteiger partial charge in [0.1, 0.15) is 0 Å². The second-order valence-electron chi connectivity index (χ2n) is 7.01. The van der Waals surface area contributed by atoms with Gasteiger partial charge in [0.2, 0.25) is 0 Å². The Labute approximate surface area is 178 Å². The van der Waals surface area contributed by atoms with Gasteiger partial charge < -0.3 is 10.1 Å². The minimum Gasteiger partial charge on any atom is -0.440 e. The number of hydrogen-bond donors (Lipinski definition) is 1. The van der Waals surface area contributed by atoms with Gasteiger partial charge in [0.15, 0.2) is 6.73 Å². The van der Waals surface area contributed by atoms with Crippen LogP contribution in [0, 0.1) is 6.92 Å². The summed E-state index contributed by atoms with van der Waals surface area (Å²) in [4.78, 5) is 50.9. The third-order valence-electron chi connectivity index (χ3n) is 4.88. The summed E-state index contributed by atoms with van der Waals surface area (Å²) in [7, 11) is 0. The highest BCUT2D eigenvalue weighted by Crippen LogP contribution is 2.23. The van der Waals surface area contributed by atoms with E-state index in [-0.39, 0.29) is 28.3 Å². The maximum atomic E-state index is 12.7. The molecule has 3 aromatic carbocycles. The Balaban J connectivity index is 1.47. The van der Waals surface area contributed by atoms with E-state index < -0.39 is 24.5 Å². The van der Waals surface area contributed by atoms with Crippen LogP contribution in [0.4, 0.5) is 5.69 Å². The zero-order chi connectivity index (χ0) is 22.0. The van der Waals surface area contributed by atoms with Crippen molar-refractivity contribution in [2.75, 3.05) is 12.0 Å². The number of para-hydroxylation sites is 1. The van der Waals surface area contributed by atoms with Crippen molar-refractivity contribution in [2.45, 2.75) is 6.92 Å². The molecule has 0 aromatic heterocycles. The SMILES string of the molecule is Cc1cccc(C(=O)Nc2ccccc2C(=O)OCN2C(=O)c3ccccc3C2=O)c1. The molecule has 31 heavy (non-hydrogen) atoms. The topological polar surface area (TPSA) is 92.8 Å². The van der Waals surface area contributed by atoms with Crippen LogP contribution in [0.25, 0.3) is 0 Å². The van der Waals surface area contributed by atoms with Gasteiger partial charge in [-0.15, -0.1) is 0 Å². The molecular formula is C24H18N2O5. The van der Waals surface area contributed by atoms with Crippen LogP contribution in [0.5, 0.6) is 0 Å². The number of amides is 3. The third-order valence-corrected chi connectivity index (χ3v) is 4.88. The molecule has 0 saturated carbocycles. The molecule has 3 amide bonds. The van der Waals surface area contributed by atoms with Crippen molar-refractivity contribution >= 4 is 29.4 Å². The number of aryl methyl sites for hydroxylation is 1. The summed E-state index contributed by atoms with van der Waals surface area (Å²) >= 11 is 0. The Morgan fingerprint density at radius 3 is 2.19 bits per heavy atom. The Morgan fingerprint density at radius 1 is 0.871 bits per heavy atom. The molecule has 1 aliphatic heterocycles. The van der Waals surface area contributed by atoms with E-state index in [2.05, 4.69) is 5.32 Å². The standard InChI is InChI=1S/C24H18N2O5/c1-15-7-6-8-16(13-15)21(27)25-20-12-5-4-11-19(20)24(30)31-14-26-22(28)17-9-2-3-10-18(17)23(26)29/h2-13H,14H2,1H3,(H,25,27). The first kappa shape index (κ1) is 20.0. The molecule has 7 heteroatoms. The van der Waals surface area contributed by atoms with Crippen molar-refractivity contribution in [3.8, 4) is 0 Å². The van der Waals surface area contributed by atoms with Gasteiger partial charge in [-0.05, 0) is 43.3 Å². The lowest BCUT2D eigenvalue weighted by Gasteiger charge is -2.15. The quantitative estimate of drug-likeness (QED) is 0.508. The fourth-order valence-corrected chi connectivity index (χ4v) is 3.31. The largest absolute Gasteiger partial charge is 0.440 e. The molecule has 4 rings (SSSR count). The van der Waals surface area contributed by atoms with Crippen molar-refractivity contribution in [1.82, 2.24) is 4.90 Å². The van der Waals surface area contributed by atoms with Gasteiger partial charge in [-0.3, -0.25) is 14.4 Å². The van der Waals surface area contributed by atoms with Gasteiger partial charge in [-0.25, -0.2) is 9.69 Å². The van der Waals surface area contributed by atoms with E-state index in [9.17, 15) is 19.2 Å². The van der Waals surface area contributed by atoms with Gasteiger partial charge in [0.05, 0.1) is 22.4 Å². The highest BCUT2D eigenvalue weighted by Gasteiger charge is 2.36. The molecule has 1 N–H and O–H groups in total. The van der Waals surface area contributed by atoms with Crippen LogP contribution >= 0.6 is 0 Å². The smallest absolute Gasteiger partial charge is 0.341 e. The number of nitrogens with zero attached hydrogens (tertiary/aromatic N) is 1. The maximum Gasteiger partial charge on any atom is 0.341 e. The van der Waals surface area contributed by atoms with E-state index in [4.69, 9.17) is 4.74 Å². The predicted octanol–water partition coefficient (Wildman–Crippen LogP) is 3.66. The Kier molecular flexibility index (Phi) is 5.32. The van der Waals surface area contributed by atoms with Crippen LogP contribution in [0.15, 0.2) is 72.8 Å². The minimum atomic E-state index is -0.767. The van der Waals surface area contributed by atoms with Crippen molar-refractivity contribution in [3.63, 3.8) is 0 Å². The van der Waals surface area contributed by atoms with Crippen LogP contribution in [0.2, 0.25) is 0 Å². The number of hydrogen-bond acceptors (Lipinski definition) is 5. The summed E-state index contributed by atoms with van der Waals surface area (Å²) in [6.45, 7) is 1.35. The van der Waals surface area contributed by atoms with Crippen molar-refractivity contribution in [2.24, 2.45) is 0 Å². The Morgan fingerprint density at radius 2 is 1.52 bits per heavy atom. The Hall–Kier alpha value is -4.26. The second-order valence-corrected chi connectivity index (χ2v) is 7.01. The predicted molar refractivity (Wildman–Crippen MR) is 113 cm³/mol. The van der Waals surface area contributed by atoms with E-state index in [1.165, 1.54) is 6.07 Å². The summed E-state index contributed by atoms with van der Waals surface area (Å²) in [5.41, 5.74) is 2.31. The molecule has 0 radical (unpaired) electrons. The zero-order valence-electron chi connectivity index (χ0n) is 16.6. The van der Waals surface area contributed by atoms with E-state index >= 15 is 0 Å². The highest BCUT2D eigenvalue weighted by molar-refractivity contribution is 6.21. The van der Waals surface area contributed by atoms with Crippen LogP contribution in [-0.4, -0.2) is 35.3 Å². The van der Waals surface area contributed by atoms with Gasteiger partial charge in [0, 0.05) is 5.56 Å². The number of carbonyl (C=O) groups is 4. The summed E-state index contributed by atoms with van der Waals surface area (Å²) < 4.78 is 5.23. The summed E-state index contributed by atoms with van der Waals surface area (Å²) in [6.07, 6.45) is 0. The number of nitrogens with one attached hydrogen (secondary N) is 1. The van der Waals surface area contributed by atoms with Crippen LogP contribution < -0.4 is 5.32 Å². The number of benzene rings is 3. The van der Waals surface area contributed by atoms with Crippen molar-refractivity contribution in [1.29, 1.82) is 0 Å². The van der Waals surface area contributed by atoms with E-state index in [1.54, 1.807) is 60.7 Å². The zero-order valence-corrected chi connectivity index (χ0v) is 16.6. The molecule has 3 aromatic rings. The molecule has 0 atom stereocenters. The van der Waals surface area contributed by atoms with Gasteiger partial charge in [-0.2, -0.15) is 0 Å². The number of imide groups is 1. The Bertz CT molecular complexity index is 1180. The molecule has 1 aliphatic rings. The first-order valence-electron chi connectivity index (χ1n) is 9.55. The van der Waals surface area contributed by atoms with Gasteiger partial charge in [-0.1, -0.05) is 42.0 Å². The molecule has 0 aliphatic carbocycles. The fourth-order valence-electron chi connectivity index (χ4n) is 3.31. The lowest BCUT2D eigenvalue weighted by Crippen LogP contribution is -2.33. The first-order chi connectivity index (χ1) is 15.0. The van der Waals surface area contributed by atoms with Crippen LogP contribution in [0.1, 0.15) is 47.0 Å². The number of anilines is 1. The molecule has 0 bridgehead atoms. The molecule has 0 fully saturated rings. The van der Waals surface area contributed by atoms with Crippen LogP contribution in [0.3, 0.4) is 0 Å². The monoisotopic (exact) mass is 414 g/mol.